The number of aliphatic hydroxyl groups is 1. The summed E-state index contributed by atoms with van der Waals surface area (Å²) in [6.45, 7) is 21.4. The van der Waals surface area contributed by atoms with Gasteiger partial charge in [0.1, 0.15) is 16.8 Å². The van der Waals surface area contributed by atoms with Gasteiger partial charge in [-0.1, -0.05) is 80.2 Å². The predicted octanol–water partition coefficient (Wildman–Crippen LogP) is 12.2. The summed E-state index contributed by atoms with van der Waals surface area (Å²) in [6, 6.07) is 20.8. The molecule has 0 heterocycles. The van der Waals surface area contributed by atoms with Gasteiger partial charge in [0, 0.05) is 70.6 Å². The van der Waals surface area contributed by atoms with Crippen LogP contribution in [0.4, 0.5) is 0 Å². The third-order valence-electron chi connectivity index (χ3n) is 8.63. The molecule has 2 atom stereocenters. The molecule has 0 aliphatic carbocycles. The Bertz CT molecular complexity index is 1860. The first-order chi connectivity index (χ1) is 29.1. The minimum atomic E-state index is -0.540. The number of esters is 3. The van der Waals surface area contributed by atoms with Crippen LogP contribution in [0.3, 0.4) is 0 Å². The van der Waals surface area contributed by atoms with E-state index in [0.717, 1.165) is 11.1 Å². The lowest BCUT2D eigenvalue weighted by Gasteiger charge is -2.19. The second kappa shape index (κ2) is 29.6. The smallest absolute Gasteiger partial charge is 0.306 e. The molecule has 0 spiro atoms. The van der Waals surface area contributed by atoms with Crippen LogP contribution in [0.15, 0.2) is 72.8 Å². The summed E-state index contributed by atoms with van der Waals surface area (Å²) in [5.74, 6) is -0.862. The Morgan fingerprint density at radius 1 is 0.492 bits per heavy atom. The fourth-order valence-corrected chi connectivity index (χ4v) is 5.71. The van der Waals surface area contributed by atoms with Crippen LogP contribution in [-0.2, 0) is 28.6 Å². The molecule has 0 aromatic heterocycles. The number of benzene rings is 3. The Labute approximate surface area is 396 Å². The fraction of sp³-hybridized carbons (Fsp3) is 0.519. The number of rotatable bonds is 18. The van der Waals surface area contributed by atoms with Gasteiger partial charge in [0.25, 0.3) is 0 Å². The molecule has 1 N–H and O–H groups in total. The van der Waals surface area contributed by atoms with Crippen molar-refractivity contribution in [3.8, 4) is 0 Å². The average Bonchev–Trinajstić information content (AvgIpc) is 3.16. The van der Waals surface area contributed by atoms with Crippen molar-refractivity contribution in [2.24, 2.45) is 0 Å². The van der Waals surface area contributed by atoms with Crippen LogP contribution in [0.1, 0.15) is 214 Å². The summed E-state index contributed by atoms with van der Waals surface area (Å²) in [5.41, 5.74) is 2.70. The standard InChI is InChI=1S/C17H23ClO3.C17H24O4.C17H22O4.CH4.B.H2/c3*1-12(18)13-8-10-14(11-9-13)15(19)6-5-7-16(20)21-17(2,3)4;;;/h8-12H,5-7H2,1-4H3;8-12,18H,5-7H2,1-4H3;8-11H,5-7H2,1-4H3;1H4;;1H/i;;;;;1+1. The number of hydrogen-bond donors (Lipinski definition) is 1. The van der Waals surface area contributed by atoms with E-state index in [9.17, 15) is 38.7 Å². The van der Waals surface area contributed by atoms with Crippen molar-refractivity contribution in [1.29, 1.82) is 0 Å². The second-order valence-corrected chi connectivity index (χ2v) is 18.9. The summed E-state index contributed by atoms with van der Waals surface area (Å²) in [7, 11) is 0. The van der Waals surface area contributed by atoms with Crippen molar-refractivity contribution in [1.82, 2.24) is 0 Å². The summed E-state index contributed by atoms with van der Waals surface area (Å²) in [5, 5.41) is 9.34. The number of aliphatic hydroxyl groups excluding tert-OH is 1. The van der Waals surface area contributed by atoms with Crippen LogP contribution in [0.2, 0.25) is 0 Å². The molecule has 0 amide bonds. The molecule has 0 fully saturated rings. The molecular formula is C52H75BClO11. The van der Waals surface area contributed by atoms with Crippen molar-refractivity contribution in [3.63, 3.8) is 0 Å². The average molecular weight is 923 g/mol. The molecule has 2 unspecified atom stereocenters. The highest BCUT2D eigenvalue weighted by Crippen LogP contribution is 2.21. The zero-order chi connectivity index (χ0) is 48.1. The maximum Gasteiger partial charge on any atom is 0.306 e. The minimum absolute atomic E-state index is 0. The lowest BCUT2D eigenvalue weighted by atomic mass is 10.0. The molecule has 13 heteroatoms. The molecule has 65 heavy (non-hydrogen) atoms. The largest absolute Gasteiger partial charge is 0.460 e. The van der Waals surface area contributed by atoms with Gasteiger partial charge in [-0.25, -0.2) is 0 Å². The summed E-state index contributed by atoms with van der Waals surface area (Å²) < 4.78 is 15.6. The zero-order valence-electron chi connectivity index (χ0n) is 39.9. The number of Topliss-reactive ketones (excluding diaryl/α,β-unsaturated/α-hetero) is 4. The van der Waals surface area contributed by atoms with Crippen LogP contribution < -0.4 is 0 Å². The monoisotopic (exact) mass is 923 g/mol. The molecule has 3 rings (SSSR count). The number of ketones is 4. The van der Waals surface area contributed by atoms with E-state index in [1.54, 1.807) is 67.6 Å². The Kier molecular flexibility index (Phi) is 28.3. The number of halogens is 1. The lowest BCUT2D eigenvalue weighted by Crippen LogP contribution is -2.23. The Hall–Kier alpha value is -4.94. The molecule has 11 nitrogen and oxygen atoms in total. The van der Waals surface area contributed by atoms with Gasteiger partial charge in [0.05, 0.1) is 11.5 Å². The number of alkyl halides is 1. The molecule has 0 bridgehead atoms. The van der Waals surface area contributed by atoms with Crippen LogP contribution in [0.25, 0.3) is 0 Å². The fourth-order valence-electron chi connectivity index (χ4n) is 5.56. The highest BCUT2D eigenvalue weighted by atomic mass is 35.5. The quantitative estimate of drug-likeness (QED) is 0.0424. The van der Waals surface area contributed by atoms with Gasteiger partial charge in [0.15, 0.2) is 23.1 Å². The molecule has 0 aliphatic rings. The summed E-state index contributed by atoms with van der Waals surface area (Å²) in [6.07, 6.45) is 2.58. The first kappa shape index (κ1) is 62.2. The van der Waals surface area contributed by atoms with Gasteiger partial charge < -0.3 is 19.3 Å². The van der Waals surface area contributed by atoms with Gasteiger partial charge in [-0.3, -0.25) is 33.6 Å². The number of hydrogen-bond acceptors (Lipinski definition) is 11. The van der Waals surface area contributed by atoms with Crippen molar-refractivity contribution < 1.29 is 54.3 Å². The van der Waals surface area contributed by atoms with Crippen molar-refractivity contribution >= 4 is 61.1 Å². The number of ether oxygens (including phenoxy) is 3. The van der Waals surface area contributed by atoms with Gasteiger partial charge in [-0.15, -0.1) is 11.6 Å². The maximum absolute atomic E-state index is 12.0. The van der Waals surface area contributed by atoms with Crippen LogP contribution in [-0.4, -0.2) is 71.4 Å². The van der Waals surface area contributed by atoms with E-state index >= 15 is 0 Å². The van der Waals surface area contributed by atoms with Gasteiger partial charge in [0.2, 0.25) is 0 Å². The molecular weight excluding hydrogens is 847 g/mol. The van der Waals surface area contributed by atoms with Crippen molar-refractivity contribution in [3.05, 3.63) is 106 Å². The summed E-state index contributed by atoms with van der Waals surface area (Å²) in [4.78, 5) is 81.7. The van der Waals surface area contributed by atoms with E-state index in [-0.39, 0.29) is 82.9 Å². The first-order valence-corrected chi connectivity index (χ1v) is 21.9. The van der Waals surface area contributed by atoms with E-state index < -0.39 is 22.9 Å². The van der Waals surface area contributed by atoms with Gasteiger partial charge in [-0.2, -0.15) is 0 Å². The minimum Gasteiger partial charge on any atom is -0.460 e. The lowest BCUT2D eigenvalue weighted by molar-refractivity contribution is -0.156. The Morgan fingerprint density at radius 2 is 0.738 bits per heavy atom. The SMILES string of the molecule is C.CC(=O)c1ccc(C(=O)CCCC(=O)OC(C)(C)C)cc1.CC(Cl)c1ccc(C(=O)CCCC(=O)OC(C)(C)C)cc1.CC(O)c1ccc(C(=O)CCCC(=O)OC(C)(C)C)cc1.[2HH].[B]. The van der Waals surface area contributed by atoms with E-state index in [1.165, 1.54) is 6.92 Å². The molecule has 359 valence electrons. The molecule has 0 saturated heterocycles. The maximum atomic E-state index is 12.0. The van der Waals surface area contributed by atoms with Crippen molar-refractivity contribution in [2.45, 2.75) is 177 Å². The third kappa shape index (κ3) is 28.6. The molecule has 3 aromatic rings. The van der Waals surface area contributed by atoms with E-state index in [0.29, 0.717) is 60.8 Å². The predicted molar refractivity (Wildman–Crippen MR) is 261 cm³/mol. The normalized spacial score (nSPS) is 11.8. The molecule has 3 radical (unpaired) electrons. The topological polar surface area (TPSA) is 167 Å². The summed E-state index contributed by atoms with van der Waals surface area (Å²) >= 11 is 5.97. The van der Waals surface area contributed by atoms with Crippen LogP contribution >= 0.6 is 11.6 Å². The van der Waals surface area contributed by atoms with Crippen molar-refractivity contribution in [2.75, 3.05) is 0 Å². The van der Waals surface area contributed by atoms with Gasteiger partial charge >= 0.3 is 17.9 Å². The molecule has 0 saturated carbocycles. The van der Waals surface area contributed by atoms with Gasteiger partial charge in [-0.05, 0) is 113 Å². The van der Waals surface area contributed by atoms with E-state index in [4.69, 9.17) is 25.8 Å². The Balaban J connectivity index is -0.000000882. The molecule has 3 aromatic carbocycles. The van der Waals surface area contributed by atoms with Crippen LogP contribution in [0.5, 0.6) is 0 Å². The number of carbonyl (C=O) groups is 7. The highest BCUT2D eigenvalue weighted by Gasteiger charge is 2.19. The highest BCUT2D eigenvalue weighted by molar-refractivity contribution is 6.20. The van der Waals surface area contributed by atoms with E-state index in [2.05, 4.69) is 0 Å². The first-order valence-electron chi connectivity index (χ1n) is 21.4. The second-order valence-electron chi connectivity index (χ2n) is 18.3. The third-order valence-corrected chi connectivity index (χ3v) is 8.89. The van der Waals surface area contributed by atoms with Crippen LogP contribution in [0, 0.1) is 0 Å². The number of carbonyl (C=O) groups excluding carboxylic acids is 7. The molecule has 0 aliphatic heterocycles. The van der Waals surface area contributed by atoms with E-state index in [1.807, 2.05) is 81.4 Å². The zero-order valence-corrected chi connectivity index (χ0v) is 40.7. The Morgan fingerprint density at radius 3 is 0.969 bits per heavy atom.